The molecule has 6 nitrogen and oxygen atoms in total. The first-order valence-electron chi connectivity index (χ1n) is 7.60. The van der Waals surface area contributed by atoms with Gasteiger partial charge in [0.2, 0.25) is 0 Å². The SMILES string of the molecule is O=C(Nn1c(Cc2cccs2)nc2ccccc2c1=O)c1ccco1. The number of benzene rings is 1. The molecule has 4 rings (SSSR count). The van der Waals surface area contributed by atoms with Gasteiger partial charge in [0.05, 0.1) is 17.2 Å². The van der Waals surface area contributed by atoms with Crippen molar-refractivity contribution in [1.29, 1.82) is 0 Å². The second-order valence-corrected chi connectivity index (χ2v) is 6.39. The molecule has 0 fully saturated rings. The number of hydrogen-bond acceptors (Lipinski definition) is 5. The molecule has 3 aromatic heterocycles. The van der Waals surface area contributed by atoms with Gasteiger partial charge in [0, 0.05) is 11.3 Å². The molecular formula is C18H13N3O3S. The van der Waals surface area contributed by atoms with E-state index in [0.29, 0.717) is 23.1 Å². The average molecular weight is 351 g/mol. The van der Waals surface area contributed by atoms with E-state index in [0.717, 1.165) is 4.88 Å². The summed E-state index contributed by atoms with van der Waals surface area (Å²) in [5, 5.41) is 2.40. The molecule has 0 aliphatic carbocycles. The Hall–Kier alpha value is -3.19. The summed E-state index contributed by atoms with van der Waals surface area (Å²) in [5.41, 5.74) is 2.88. The molecule has 1 N–H and O–H groups in total. The molecule has 7 heteroatoms. The van der Waals surface area contributed by atoms with E-state index in [9.17, 15) is 9.59 Å². The minimum Gasteiger partial charge on any atom is -0.459 e. The highest BCUT2D eigenvalue weighted by Crippen LogP contribution is 2.15. The molecule has 0 saturated carbocycles. The minimum atomic E-state index is -0.503. The number of para-hydroxylation sites is 1. The van der Waals surface area contributed by atoms with Crippen molar-refractivity contribution in [1.82, 2.24) is 9.66 Å². The van der Waals surface area contributed by atoms with Gasteiger partial charge in [-0.1, -0.05) is 18.2 Å². The third-order valence-corrected chi connectivity index (χ3v) is 4.59. The standard InChI is InChI=1S/C18H13N3O3S/c22-17(15-8-3-9-24-15)20-21-16(11-12-5-4-10-25-12)19-14-7-2-1-6-13(14)18(21)23/h1-10H,11H2,(H,20,22). The van der Waals surface area contributed by atoms with Gasteiger partial charge in [-0.15, -0.1) is 11.3 Å². The lowest BCUT2D eigenvalue weighted by atomic mass is 10.2. The van der Waals surface area contributed by atoms with Crippen molar-refractivity contribution in [2.75, 3.05) is 5.43 Å². The lowest BCUT2D eigenvalue weighted by Crippen LogP contribution is -2.36. The van der Waals surface area contributed by atoms with Crippen LogP contribution in [-0.2, 0) is 6.42 Å². The fourth-order valence-corrected chi connectivity index (χ4v) is 3.25. The van der Waals surface area contributed by atoms with Crippen molar-refractivity contribution in [3.8, 4) is 0 Å². The third-order valence-electron chi connectivity index (χ3n) is 3.72. The van der Waals surface area contributed by atoms with Crippen LogP contribution in [-0.4, -0.2) is 15.6 Å². The molecule has 1 aromatic carbocycles. The Morgan fingerprint density at radius 1 is 1.16 bits per heavy atom. The van der Waals surface area contributed by atoms with Gasteiger partial charge >= 0.3 is 5.91 Å². The molecular weight excluding hydrogens is 338 g/mol. The van der Waals surface area contributed by atoms with Crippen LogP contribution in [0.2, 0.25) is 0 Å². The highest BCUT2D eigenvalue weighted by Gasteiger charge is 2.16. The molecule has 0 saturated heterocycles. The number of rotatable bonds is 4. The van der Waals surface area contributed by atoms with E-state index in [1.54, 1.807) is 35.6 Å². The first kappa shape index (κ1) is 15.3. The predicted octanol–water partition coefficient (Wildman–Crippen LogP) is 3.03. The van der Waals surface area contributed by atoms with E-state index in [2.05, 4.69) is 10.4 Å². The molecule has 124 valence electrons. The van der Waals surface area contributed by atoms with Crippen LogP contribution in [0, 0.1) is 0 Å². The number of carbonyl (C=O) groups excluding carboxylic acids is 1. The molecule has 0 spiro atoms. The zero-order chi connectivity index (χ0) is 17.2. The number of nitrogens with one attached hydrogen (secondary N) is 1. The van der Waals surface area contributed by atoms with Crippen LogP contribution in [0.25, 0.3) is 10.9 Å². The van der Waals surface area contributed by atoms with Crippen molar-refractivity contribution in [3.05, 3.63) is 87.0 Å². The number of thiophene rings is 1. The smallest absolute Gasteiger partial charge is 0.305 e. The van der Waals surface area contributed by atoms with E-state index in [4.69, 9.17) is 4.42 Å². The summed E-state index contributed by atoms with van der Waals surface area (Å²) in [6.07, 6.45) is 1.85. The molecule has 25 heavy (non-hydrogen) atoms. The zero-order valence-corrected chi connectivity index (χ0v) is 13.8. The summed E-state index contributed by atoms with van der Waals surface area (Å²) >= 11 is 1.57. The maximum absolute atomic E-state index is 12.9. The molecule has 4 aromatic rings. The van der Waals surface area contributed by atoms with Gasteiger partial charge in [-0.05, 0) is 35.7 Å². The number of hydrogen-bond donors (Lipinski definition) is 1. The number of nitrogens with zero attached hydrogens (tertiary/aromatic N) is 2. The van der Waals surface area contributed by atoms with Gasteiger partial charge in [0.25, 0.3) is 5.56 Å². The Morgan fingerprint density at radius 3 is 2.80 bits per heavy atom. The van der Waals surface area contributed by atoms with Gasteiger partial charge in [0.15, 0.2) is 5.76 Å². The summed E-state index contributed by atoms with van der Waals surface area (Å²) in [6.45, 7) is 0. The van der Waals surface area contributed by atoms with Gasteiger partial charge in [-0.3, -0.25) is 15.0 Å². The Bertz CT molecular complexity index is 1080. The fraction of sp³-hybridized carbons (Fsp3) is 0.0556. The van der Waals surface area contributed by atoms with Crippen LogP contribution in [0.4, 0.5) is 0 Å². The van der Waals surface area contributed by atoms with E-state index < -0.39 is 5.91 Å². The van der Waals surface area contributed by atoms with Crippen molar-refractivity contribution < 1.29 is 9.21 Å². The van der Waals surface area contributed by atoms with Crippen LogP contribution in [0.1, 0.15) is 21.3 Å². The lowest BCUT2D eigenvalue weighted by Gasteiger charge is -2.13. The number of furan rings is 1. The van der Waals surface area contributed by atoms with E-state index in [-0.39, 0.29) is 11.3 Å². The average Bonchev–Trinajstić information content (AvgIpc) is 3.32. The zero-order valence-electron chi connectivity index (χ0n) is 13.0. The highest BCUT2D eigenvalue weighted by atomic mass is 32.1. The van der Waals surface area contributed by atoms with Gasteiger partial charge in [-0.25, -0.2) is 9.66 Å². The third kappa shape index (κ3) is 2.97. The maximum Gasteiger partial charge on any atom is 0.305 e. The van der Waals surface area contributed by atoms with Crippen LogP contribution < -0.4 is 11.0 Å². The van der Waals surface area contributed by atoms with Crippen LogP contribution in [0.3, 0.4) is 0 Å². The van der Waals surface area contributed by atoms with Crippen molar-refractivity contribution in [3.63, 3.8) is 0 Å². The lowest BCUT2D eigenvalue weighted by molar-refractivity contribution is 0.0980. The number of fused-ring (bicyclic) bond motifs is 1. The Balaban J connectivity index is 1.83. The number of aromatic nitrogens is 2. The van der Waals surface area contributed by atoms with Crippen LogP contribution >= 0.6 is 11.3 Å². The summed E-state index contributed by atoms with van der Waals surface area (Å²) < 4.78 is 6.30. The molecule has 0 atom stereocenters. The molecule has 0 radical (unpaired) electrons. The molecule has 0 aliphatic rings. The molecule has 1 amide bonds. The normalized spacial score (nSPS) is 10.9. The highest BCUT2D eigenvalue weighted by molar-refractivity contribution is 7.09. The second-order valence-electron chi connectivity index (χ2n) is 5.36. The summed E-state index contributed by atoms with van der Waals surface area (Å²) in [5.74, 6) is 0.0878. The van der Waals surface area contributed by atoms with Crippen LogP contribution in [0.15, 0.2) is 69.4 Å². The maximum atomic E-state index is 12.9. The topological polar surface area (TPSA) is 77.1 Å². The first-order valence-corrected chi connectivity index (χ1v) is 8.48. The summed E-state index contributed by atoms with van der Waals surface area (Å²) in [7, 11) is 0. The number of carbonyl (C=O) groups is 1. The number of amides is 1. The summed E-state index contributed by atoms with van der Waals surface area (Å²) in [6, 6.07) is 14.1. The van der Waals surface area contributed by atoms with Crippen molar-refractivity contribution in [2.24, 2.45) is 0 Å². The largest absolute Gasteiger partial charge is 0.459 e. The molecule has 0 unspecified atom stereocenters. The predicted molar refractivity (Wildman–Crippen MR) is 95.5 cm³/mol. The van der Waals surface area contributed by atoms with Gasteiger partial charge < -0.3 is 4.42 Å². The van der Waals surface area contributed by atoms with E-state index in [1.807, 2.05) is 23.6 Å². The molecule has 0 aliphatic heterocycles. The van der Waals surface area contributed by atoms with Gasteiger partial charge in [0.1, 0.15) is 5.82 Å². The van der Waals surface area contributed by atoms with Crippen LogP contribution in [0.5, 0.6) is 0 Å². The second kappa shape index (κ2) is 6.37. The fourth-order valence-electron chi connectivity index (χ4n) is 2.55. The van der Waals surface area contributed by atoms with Crippen molar-refractivity contribution >= 4 is 28.1 Å². The van der Waals surface area contributed by atoms with Crippen molar-refractivity contribution in [2.45, 2.75) is 6.42 Å². The summed E-state index contributed by atoms with van der Waals surface area (Å²) in [4.78, 5) is 30.8. The molecule has 0 bridgehead atoms. The van der Waals surface area contributed by atoms with E-state index in [1.165, 1.54) is 17.0 Å². The Kier molecular flexibility index (Phi) is 3.91. The first-order chi connectivity index (χ1) is 12.2. The van der Waals surface area contributed by atoms with Gasteiger partial charge in [-0.2, -0.15) is 0 Å². The Morgan fingerprint density at radius 2 is 2.04 bits per heavy atom. The Labute approximate surface area is 146 Å². The quantitative estimate of drug-likeness (QED) is 0.613. The minimum absolute atomic E-state index is 0.127. The monoisotopic (exact) mass is 351 g/mol. The van der Waals surface area contributed by atoms with E-state index >= 15 is 0 Å². The molecule has 3 heterocycles.